The minimum Gasteiger partial charge on any atom is -0.355 e. The Balaban J connectivity index is 1.48. The van der Waals surface area contributed by atoms with Crippen LogP contribution < -0.4 is 10.6 Å². The van der Waals surface area contributed by atoms with Crippen molar-refractivity contribution in [1.82, 2.24) is 20.8 Å². The average molecular weight is 441 g/mol. The van der Waals surface area contributed by atoms with Crippen LogP contribution >= 0.6 is 0 Å². The predicted octanol–water partition coefficient (Wildman–Crippen LogP) is 3.70. The molecule has 33 heavy (non-hydrogen) atoms. The average Bonchev–Trinajstić information content (AvgIpc) is 3.34. The van der Waals surface area contributed by atoms with Crippen LogP contribution in [0.2, 0.25) is 0 Å². The van der Waals surface area contributed by atoms with E-state index in [0.717, 1.165) is 22.3 Å². The topological polar surface area (TPSA) is 97.1 Å². The first-order chi connectivity index (χ1) is 16.1. The molecule has 0 aliphatic heterocycles. The minimum atomic E-state index is -0.777. The quantitative estimate of drug-likeness (QED) is 0.435. The number of nitrogens with one attached hydrogen (secondary N) is 2. The molecule has 2 amide bonds. The molecule has 2 heterocycles. The van der Waals surface area contributed by atoms with Gasteiger partial charge in [0.15, 0.2) is 11.5 Å². The molecular weight excluding hydrogens is 416 g/mol. The van der Waals surface area contributed by atoms with E-state index in [9.17, 15) is 9.59 Å². The van der Waals surface area contributed by atoms with Crippen molar-refractivity contribution < 1.29 is 14.1 Å². The Bertz CT molecular complexity index is 1220. The van der Waals surface area contributed by atoms with Crippen molar-refractivity contribution in [3.8, 4) is 11.3 Å². The van der Waals surface area contributed by atoms with Gasteiger partial charge in [0.1, 0.15) is 6.04 Å². The van der Waals surface area contributed by atoms with E-state index in [0.29, 0.717) is 18.7 Å². The van der Waals surface area contributed by atoms with E-state index in [-0.39, 0.29) is 11.6 Å². The van der Waals surface area contributed by atoms with Gasteiger partial charge in [0, 0.05) is 37.0 Å². The minimum absolute atomic E-state index is 0.117. The first-order valence-electron chi connectivity index (χ1n) is 10.6. The molecule has 0 unspecified atom stereocenters. The standard InChI is InChI=1S/C26H24N4O3/c1-18-6-5-9-21(14-18)24-16-23(30-33-24)26(32)29-22(15-19-7-3-2-4-8-19)25(31)28-17-20-10-12-27-13-11-20/h2-14,16,22H,15,17H2,1H3,(H,28,31)(H,29,32)/t22-/m1/s1. The zero-order valence-corrected chi connectivity index (χ0v) is 18.2. The Morgan fingerprint density at radius 2 is 1.73 bits per heavy atom. The number of pyridine rings is 1. The molecule has 0 aliphatic carbocycles. The Labute approximate surface area is 191 Å². The molecule has 0 fully saturated rings. The van der Waals surface area contributed by atoms with Crippen LogP contribution in [0.5, 0.6) is 0 Å². The van der Waals surface area contributed by atoms with Gasteiger partial charge >= 0.3 is 0 Å². The van der Waals surface area contributed by atoms with Crippen LogP contribution in [0, 0.1) is 6.92 Å². The molecule has 0 spiro atoms. The highest BCUT2D eigenvalue weighted by atomic mass is 16.5. The molecule has 4 rings (SSSR count). The highest BCUT2D eigenvalue weighted by Gasteiger charge is 2.24. The first kappa shape index (κ1) is 22.0. The third-order valence-electron chi connectivity index (χ3n) is 5.17. The van der Waals surface area contributed by atoms with Crippen molar-refractivity contribution in [2.75, 3.05) is 0 Å². The van der Waals surface area contributed by atoms with Gasteiger partial charge in [-0.15, -0.1) is 0 Å². The second-order valence-electron chi connectivity index (χ2n) is 7.73. The lowest BCUT2D eigenvalue weighted by Gasteiger charge is -2.18. The molecule has 7 heteroatoms. The number of rotatable bonds is 8. The van der Waals surface area contributed by atoms with Crippen LogP contribution in [-0.2, 0) is 17.8 Å². The van der Waals surface area contributed by atoms with Crippen molar-refractivity contribution in [2.24, 2.45) is 0 Å². The van der Waals surface area contributed by atoms with Gasteiger partial charge in [-0.2, -0.15) is 0 Å². The van der Waals surface area contributed by atoms with E-state index >= 15 is 0 Å². The number of benzene rings is 2. The second-order valence-corrected chi connectivity index (χ2v) is 7.73. The molecule has 1 atom stereocenters. The number of aromatic nitrogens is 2. The molecule has 2 aromatic heterocycles. The summed E-state index contributed by atoms with van der Waals surface area (Å²) < 4.78 is 5.38. The lowest BCUT2D eigenvalue weighted by atomic mass is 10.0. The maximum atomic E-state index is 13.0. The van der Waals surface area contributed by atoms with Crippen LogP contribution in [-0.4, -0.2) is 28.0 Å². The van der Waals surface area contributed by atoms with Gasteiger partial charge in [0.25, 0.3) is 5.91 Å². The van der Waals surface area contributed by atoms with Crippen molar-refractivity contribution in [2.45, 2.75) is 25.9 Å². The summed E-state index contributed by atoms with van der Waals surface area (Å²) in [6.45, 7) is 2.32. The summed E-state index contributed by atoms with van der Waals surface area (Å²) >= 11 is 0. The number of hydrogen-bond donors (Lipinski definition) is 2. The highest BCUT2D eigenvalue weighted by molar-refractivity contribution is 5.96. The Kier molecular flexibility index (Phi) is 6.90. The van der Waals surface area contributed by atoms with Gasteiger partial charge in [-0.3, -0.25) is 14.6 Å². The van der Waals surface area contributed by atoms with Gasteiger partial charge in [-0.1, -0.05) is 59.3 Å². The zero-order chi connectivity index (χ0) is 23.0. The summed E-state index contributed by atoms with van der Waals surface area (Å²) in [6.07, 6.45) is 3.68. The van der Waals surface area contributed by atoms with E-state index in [2.05, 4.69) is 20.8 Å². The fourth-order valence-electron chi connectivity index (χ4n) is 3.42. The molecule has 2 N–H and O–H groups in total. The molecule has 0 aliphatic rings. The summed E-state index contributed by atoms with van der Waals surface area (Å²) in [6, 6.07) is 21.7. The van der Waals surface area contributed by atoms with Gasteiger partial charge in [-0.25, -0.2) is 0 Å². The van der Waals surface area contributed by atoms with Crippen LogP contribution in [0.25, 0.3) is 11.3 Å². The second kappa shape index (κ2) is 10.4. The maximum absolute atomic E-state index is 13.0. The fourth-order valence-corrected chi connectivity index (χ4v) is 3.42. The number of carbonyl (C=O) groups is 2. The van der Waals surface area contributed by atoms with Crippen molar-refractivity contribution >= 4 is 11.8 Å². The number of hydrogen-bond acceptors (Lipinski definition) is 5. The molecule has 2 aromatic carbocycles. The normalized spacial score (nSPS) is 11.5. The fraction of sp³-hybridized carbons (Fsp3) is 0.154. The molecule has 4 aromatic rings. The largest absolute Gasteiger partial charge is 0.355 e. The third kappa shape index (κ3) is 5.92. The third-order valence-corrected chi connectivity index (χ3v) is 5.17. The molecule has 0 radical (unpaired) electrons. The molecular formula is C26H24N4O3. The predicted molar refractivity (Wildman–Crippen MR) is 124 cm³/mol. The number of amides is 2. The van der Waals surface area contributed by atoms with Crippen LogP contribution in [0.4, 0.5) is 0 Å². The Morgan fingerprint density at radius 3 is 2.48 bits per heavy atom. The Morgan fingerprint density at radius 1 is 0.939 bits per heavy atom. The van der Waals surface area contributed by atoms with E-state index in [1.165, 1.54) is 0 Å². The summed E-state index contributed by atoms with van der Waals surface area (Å²) in [5.41, 5.74) is 3.87. The van der Waals surface area contributed by atoms with E-state index in [1.807, 2.05) is 73.7 Å². The smallest absolute Gasteiger partial charge is 0.274 e. The maximum Gasteiger partial charge on any atom is 0.274 e. The van der Waals surface area contributed by atoms with Crippen LogP contribution in [0.15, 0.2) is 89.7 Å². The summed E-state index contributed by atoms with van der Waals surface area (Å²) in [5, 5.41) is 9.61. The van der Waals surface area contributed by atoms with Gasteiger partial charge < -0.3 is 15.2 Å². The van der Waals surface area contributed by atoms with Gasteiger partial charge in [-0.05, 0) is 36.2 Å². The van der Waals surface area contributed by atoms with E-state index in [1.54, 1.807) is 18.5 Å². The van der Waals surface area contributed by atoms with Crippen LogP contribution in [0.1, 0.15) is 27.2 Å². The number of carbonyl (C=O) groups excluding carboxylic acids is 2. The molecule has 0 saturated heterocycles. The molecule has 166 valence electrons. The van der Waals surface area contributed by atoms with Crippen molar-refractivity contribution in [3.05, 3.63) is 108 Å². The SMILES string of the molecule is Cc1cccc(-c2cc(C(=O)N[C@H](Cc3ccccc3)C(=O)NCc3ccncc3)no2)c1. The molecule has 0 saturated carbocycles. The molecule has 0 bridgehead atoms. The first-order valence-corrected chi connectivity index (χ1v) is 10.6. The van der Waals surface area contributed by atoms with Crippen molar-refractivity contribution in [3.63, 3.8) is 0 Å². The highest BCUT2D eigenvalue weighted by Crippen LogP contribution is 2.21. The lowest BCUT2D eigenvalue weighted by Crippen LogP contribution is -2.47. The summed E-state index contributed by atoms with van der Waals surface area (Å²) in [4.78, 5) is 29.9. The lowest BCUT2D eigenvalue weighted by molar-refractivity contribution is -0.123. The van der Waals surface area contributed by atoms with E-state index < -0.39 is 11.9 Å². The summed E-state index contributed by atoms with van der Waals surface area (Å²) in [7, 11) is 0. The Hall–Kier alpha value is -4.26. The zero-order valence-electron chi connectivity index (χ0n) is 18.2. The molecule has 7 nitrogen and oxygen atoms in total. The number of nitrogens with zero attached hydrogens (tertiary/aromatic N) is 2. The number of aryl methyl sites for hydroxylation is 1. The van der Waals surface area contributed by atoms with Gasteiger partial charge in [0.05, 0.1) is 0 Å². The monoisotopic (exact) mass is 440 g/mol. The summed E-state index contributed by atoms with van der Waals surface area (Å²) in [5.74, 6) is -0.269. The van der Waals surface area contributed by atoms with E-state index in [4.69, 9.17) is 4.52 Å². The van der Waals surface area contributed by atoms with Gasteiger partial charge in [0.2, 0.25) is 5.91 Å². The van der Waals surface area contributed by atoms with Crippen molar-refractivity contribution in [1.29, 1.82) is 0 Å². The van der Waals surface area contributed by atoms with Crippen LogP contribution in [0.3, 0.4) is 0 Å².